The Labute approximate surface area is 141 Å². The summed E-state index contributed by atoms with van der Waals surface area (Å²) in [5.74, 6) is 4.85. The molecule has 0 aromatic heterocycles. The summed E-state index contributed by atoms with van der Waals surface area (Å²) in [6, 6.07) is 13.3. The maximum absolute atomic E-state index is 12.9. The molecule has 0 saturated carbocycles. The molecule has 128 valence electrons. The van der Waals surface area contributed by atoms with Crippen molar-refractivity contribution in [3.8, 4) is 11.8 Å². The van der Waals surface area contributed by atoms with Gasteiger partial charge in [-0.15, -0.1) is 0 Å². The van der Waals surface area contributed by atoms with Crippen LogP contribution in [0.2, 0.25) is 0 Å². The van der Waals surface area contributed by atoms with Gasteiger partial charge in [-0.3, -0.25) is 10.1 Å². The van der Waals surface area contributed by atoms with Crippen LogP contribution < -0.4 is 0 Å². The molecule has 4 nitrogen and oxygen atoms in total. The maximum atomic E-state index is 12.9. The van der Waals surface area contributed by atoms with Crippen molar-refractivity contribution in [2.24, 2.45) is 0 Å². The smallest absolute Gasteiger partial charge is 0.379 e. The van der Waals surface area contributed by atoms with Gasteiger partial charge in [0.25, 0.3) is 5.69 Å². The molecule has 0 bridgehead atoms. The van der Waals surface area contributed by atoms with E-state index in [9.17, 15) is 28.4 Å². The molecule has 1 N–H and O–H groups in total. The van der Waals surface area contributed by atoms with Gasteiger partial charge in [0.1, 0.15) is 0 Å². The lowest BCUT2D eigenvalue weighted by atomic mass is 10.0. The van der Waals surface area contributed by atoms with E-state index in [1.54, 1.807) is 30.3 Å². The number of aliphatic hydroxyl groups excluding tert-OH is 1. The second-order valence-corrected chi connectivity index (χ2v) is 5.01. The van der Waals surface area contributed by atoms with Crippen LogP contribution in [0.25, 0.3) is 6.08 Å². The number of non-ortho nitro benzene ring substituents is 1. The van der Waals surface area contributed by atoms with E-state index in [0.29, 0.717) is 5.56 Å². The summed E-state index contributed by atoms with van der Waals surface area (Å²) in [6.45, 7) is 0. The number of nitrogens with zero attached hydrogens (tertiary/aromatic N) is 1. The molecule has 0 aliphatic rings. The third-order valence-electron chi connectivity index (χ3n) is 3.13. The molecule has 0 amide bonds. The molecular weight excluding hydrogens is 335 g/mol. The Morgan fingerprint density at radius 2 is 1.84 bits per heavy atom. The van der Waals surface area contributed by atoms with Crippen molar-refractivity contribution in [3.63, 3.8) is 0 Å². The number of alkyl halides is 3. The van der Waals surface area contributed by atoms with Crippen LogP contribution >= 0.6 is 0 Å². The van der Waals surface area contributed by atoms with Crippen molar-refractivity contribution < 1.29 is 23.2 Å². The maximum Gasteiger partial charge on any atom is 0.419 e. The Balaban J connectivity index is 2.46. The van der Waals surface area contributed by atoms with Crippen LogP contribution in [-0.2, 0) is 0 Å². The van der Waals surface area contributed by atoms with Crippen LogP contribution in [0.15, 0.2) is 60.2 Å². The van der Waals surface area contributed by atoms with Crippen LogP contribution in [0.4, 0.5) is 18.9 Å². The zero-order valence-corrected chi connectivity index (χ0v) is 12.7. The van der Waals surface area contributed by atoms with Crippen molar-refractivity contribution >= 4 is 11.8 Å². The number of hydrogen-bond donors (Lipinski definition) is 1. The highest BCUT2D eigenvalue weighted by atomic mass is 19.4. The van der Waals surface area contributed by atoms with Crippen LogP contribution in [0.1, 0.15) is 11.1 Å². The quantitative estimate of drug-likeness (QED) is 0.519. The number of rotatable bonds is 3. The number of nitro benzene ring substituents is 1. The predicted octanol–water partition coefficient (Wildman–Crippen LogP) is 3.95. The van der Waals surface area contributed by atoms with Gasteiger partial charge in [-0.2, -0.15) is 13.2 Å². The summed E-state index contributed by atoms with van der Waals surface area (Å²) in [5, 5.41) is 20.3. The number of benzene rings is 2. The van der Waals surface area contributed by atoms with Gasteiger partial charge in [-0.1, -0.05) is 42.2 Å². The number of nitro groups is 1. The average Bonchev–Trinajstić information content (AvgIpc) is 2.58. The highest BCUT2D eigenvalue weighted by molar-refractivity contribution is 5.62. The summed E-state index contributed by atoms with van der Waals surface area (Å²) in [7, 11) is 0. The van der Waals surface area contributed by atoms with Crippen molar-refractivity contribution in [2.45, 2.75) is 12.3 Å². The number of hydrogen-bond acceptors (Lipinski definition) is 3. The second kappa shape index (κ2) is 7.64. The molecule has 1 unspecified atom stereocenters. The fourth-order valence-corrected chi connectivity index (χ4v) is 1.93. The number of aliphatic hydroxyl groups is 1. The van der Waals surface area contributed by atoms with E-state index < -0.39 is 22.8 Å². The molecule has 2 rings (SSSR count). The highest BCUT2D eigenvalue weighted by Gasteiger charge is 2.40. The minimum absolute atomic E-state index is 0.134. The minimum atomic E-state index is -4.90. The molecular formula is C18H12F3NO3. The van der Waals surface area contributed by atoms with E-state index in [1.807, 2.05) is 0 Å². The van der Waals surface area contributed by atoms with E-state index in [2.05, 4.69) is 11.8 Å². The molecule has 2 aromatic carbocycles. The third-order valence-corrected chi connectivity index (χ3v) is 3.13. The van der Waals surface area contributed by atoms with Crippen molar-refractivity contribution in [1.29, 1.82) is 0 Å². The Bertz CT molecular complexity index is 849. The third kappa shape index (κ3) is 5.19. The first-order valence-corrected chi connectivity index (χ1v) is 7.05. The molecule has 7 heteroatoms. The number of halogens is 3. The van der Waals surface area contributed by atoms with Crippen LogP contribution in [0.5, 0.6) is 0 Å². The molecule has 0 saturated heterocycles. The fraction of sp³-hybridized carbons (Fsp3) is 0.111. The first-order valence-electron chi connectivity index (χ1n) is 7.05. The van der Waals surface area contributed by atoms with Crippen molar-refractivity contribution in [2.75, 3.05) is 0 Å². The molecule has 0 spiro atoms. The fourth-order valence-electron chi connectivity index (χ4n) is 1.93. The van der Waals surface area contributed by atoms with Gasteiger partial charge in [0.2, 0.25) is 0 Å². The van der Waals surface area contributed by atoms with Gasteiger partial charge in [0.05, 0.1) is 4.92 Å². The van der Waals surface area contributed by atoms with Crippen molar-refractivity contribution in [1.82, 2.24) is 0 Å². The monoisotopic (exact) mass is 347 g/mol. The van der Waals surface area contributed by atoms with Crippen LogP contribution in [0, 0.1) is 22.0 Å². The van der Waals surface area contributed by atoms with Gasteiger partial charge in [-0.25, -0.2) is 0 Å². The lowest BCUT2D eigenvalue weighted by molar-refractivity contribution is -0.384. The Hall–Kier alpha value is -3.11. The minimum Gasteiger partial charge on any atom is -0.379 e. The summed E-state index contributed by atoms with van der Waals surface area (Å²) < 4.78 is 38.6. The topological polar surface area (TPSA) is 63.4 Å². The zero-order valence-electron chi connectivity index (χ0n) is 12.7. The summed E-state index contributed by atoms with van der Waals surface area (Å²) in [6.07, 6.45) is -6.71. The SMILES string of the molecule is O=[N+]([O-])c1cccc(/C=C(\C#Cc2ccccc2)C(O)C(F)(F)F)c1. The Kier molecular flexibility index (Phi) is 5.57. The zero-order chi connectivity index (χ0) is 18.4. The molecule has 2 aromatic rings. The van der Waals surface area contributed by atoms with Crippen molar-refractivity contribution in [3.05, 3.63) is 81.4 Å². The highest BCUT2D eigenvalue weighted by Crippen LogP contribution is 2.27. The van der Waals surface area contributed by atoms with Gasteiger partial charge in [0, 0.05) is 23.3 Å². The Morgan fingerprint density at radius 3 is 2.44 bits per heavy atom. The summed E-state index contributed by atoms with van der Waals surface area (Å²) in [4.78, 5) is 10.1. The average molecular weight is 347 g/mol. The standard InChI is InChI=1S/C18H12F3NO3/c19-18(20,21)17(23)15(10-9-13-5-2-1-3-6-13)11-14-7-4-8-16(12-14)22(24)25/h1-8,11-12,17,23H/b15-11+. The molecule has 25 heavy (non-hydrogen) atoms. The largest absolute Gasteiger partial charge is 0.419 e. The molecule has 0 aliphatic heterocycles. The van der Waals surface area contributed by atoms with E-state index in [1.165, 1.54) is 18.2 Å². The van der Waals surface area contributed by atoms with Crippen LogP contribution in [-0.4, -0.2) is 22.3 Å². The summed E-state index contributed by atoms with van der Waals surface area (Å²) >= 11 is 0. The molecule has 0 heterocycles. The molecule has 0 aliphatic carbocycles. The predicted molar refractivity (Wildman–Crippen MR) is 86.5 cm³/mol. The second-order valence-electron chi connectivity index (χ2n) is 5.01. The lowest BCUT2D eigenvalue weighted by Crippen LogP contribution is -2.29. The van der Waals surface area contributed by atoms with Gasteiger partial charge < -0.3 is 5.11 Å². The molecule has 1 atom stereocenters. The van der Waals surface area contributed by atoms with Gasteiger partial charge in [-0.05, 0) is 23.8 Å². The first kappa shape index (κ1) is 18.2. The normalized spacial score (nSPS) is 12.9. The van der Waals surface area contributed by atoms with Crippen LogP contribution in [0.3, 0.4) is 0 Å². The lowest BCUT2D eigenvalue weighted by Gasteiger charge is -2.14. The van der Waals surface area contributed by atoms with E-state index in [0.717, 1.165) is 12.1 Å². The van der Waals surface area contributed by atoms with E-state index in [4.69, 9.17) is 0 Å². The van der Waals surface area contributed by atoms with Gasteiger partial charge >= 0.3 is 6.18 Å². The molecule has 0 radical (unpaired) electrons. The Morgan fingerprint density at radius 1 is 1.16 bits per heavy atom. The van der Waals surface area contributed by atoms with Gasteiger partial charge in [0.15, 0.2) is 6.10 Å². The van der Waals surface area contributed by atoms with E-state index >= 15 is 0 Å². The van der Waals surface area contributed by atoms with E-state index in [-0.39, 0.29) is 11.3 Å². The molecule has 0 fully saturated rings. The first-order chi connectivity index (χ1) is 11.8. The summed E-state index contributed by atoms with van der Waals surface area (Å²) in [5.41, 5.74) is -0.265.